The lowest BCUT2D eigenvalue weighted by Gasteiger charge is -2.23. The van der Waals surface area contributed by atoms with Gasteiger partial charge in [-0.1, -0.05) is 39.0 Å². The van der Waals surface area contributed by atoms with Crippen molar-refractivity contribution in [1.82, 2.24) is 14.9 Å². The fraction of sp³-hybridized carbons (Fsp3) is 0.474. The molecule has 0 saturated carbocycles. The Morgan fingerprint density at radius 3 is 2.62 bits per heavy atom. The lowest BCUT2D eigenvalue weighted by atomic mass is 9.80. The highest BCUT2D eigenvalue weighted by Crippen LogP contribution is 2.38. The zero-order chi connectivity index (χ0) is 17.5. The molecule has 0 radical (unpaired) electrons. The van der Waals surface area contributed by atoms with Crippen LogP contribution in [-0.4, -0.2) is 26.7 Å². The predicted octanol–water partition coefficient (Wildman–Crippen LogP) is 3.25. The quantitative estimate of drug-likeness (QED) is 0.810. The van der Waals surface area contributed by atoms with Crippen molar-refractivity contribution < 1.29 is 9.59 Å². The number of fused-ring (bicyclic) bond motifs is 1. The van der Waals surface area contributed by atoms with Gasteiger partial charge in [-0.25, -0.2) is 9.97 Å². The van der Waals surface area contributed by atoms with Crippen LogP contribution in [0.1, 0.15) is 45.1 Å². The maximum atomic E-state index is 12.8. The third-order valence-electron chi connectivity index (χ3n) is 4.60. The van der Waals surface area contributed by atoms with Crippen LogP contribution in [0.4, 0.5) is 0 Å². The number of para-hydroxylation sites is 1. The summed E-state index contributed by atoms with van der Waals surface area (Å²) in [4.78, 5) is 35.5. The van der Waals surface area contributed by atoms with Crippen LogP contribution in [-0.2, 0) is 16.1 Å². The summed E-state index contributed by atoms with van der Waals surface area (Å²) in [6.07, 6.45) is 0.988. The van der Waals surface area contributed by atoms with Gasteiger partial charge in [0.1, 0.15) is 5.82 Å². The largest absolute Gasteiger partial charge is 0.274 e. The Hall–Kier alpha value is -2.30. The summed E-state index contributed by atoms with van der Waals surface area (Å²) in [6.45, 7) is 8.10. The van der Waals surface area contributed by atoms with Gasteiger partial charge in [0.25, 0.3) is 0 Å². The van der Waals surface area contributed by atoms with Crippen molar-refractivity contribution in [1.29, 1.82) is 0 Å². The summed E-state index contributed by atoms with van der Waals surface area (Å²) in [5, 5.41) is 0.991. The van der Waals surface area contributed by atoms with Crippen LogP contribution in [0.25, 0.3) is 10.9 Å². The van der Waals surface area contributed by atoms with E-state index in [1.807, 2.05) is 38.1 Å². The van der Waals surface area contributed by atoms with Crippen LogP contribution in [0.2, 0.25) is 0 Å². The number of rotatable bonds is 4. The molecule has 0 N–H and O–H groups in total. The minimum absolute atomic E-state index is 0.101. The molecule has 3 rings (SSSR count). The summed E-state index contributed by atoms with van der Waals surface area (Å²) < 4.78 is 0. The van der Waals surface area contributed by atoms with Crippen LogP contribution in [0.15, 0.2) is 24.3 Å². The Balaban J connectivity index is 1.88. The van der Waals surface area contributed by atoms with Crippen molar-refractivity contribution in [2.75, 3.05) is 0 Å². The van der Waals surface area contributed by atoms with Crippen molar-refractivity contribution >= 4 is 22.7 Å². The molecule has 126 valence electrons. The Morgan fingerprint density at radius 2 is 1.92 bits per heavy atom. The second-order valence-electron chi connectivity index (χ2n) is 7.36. The highest BCUT2D eigenvalue weighted by atomic mass is 16.2. The van der Waals surface area contributed by atoms with Gasteiger partial charge in [0.05, 0.1) is 17.5 Å². The van der Waals surface area contributed by atoms with Crippen LogP contribution in [0, 0.1) is 18.3 Å². The van der Waals surface area contributed by atoms with Gasteiger partial charge in [-0.2, -0.15) is 0 Å². The third-order valence-corrected chi connectivity index (χ3v) is 4.60. The Morgan fingerprint density at radius 1 is 1.21 bits per heavy atom. The molecule has 1 atom stereocenters. The number of aromatic nitrogens is 2. The molecule has 0 spiro atoms. The number of likely N-dealkylation sites (tertiary alicyclic amines) is 1. The lowest BCUT2D eigenvalue weighted by molar-refractivity contribution is -0.142. The molecule has 2 heterocycles. The molecule has 0 bridgehead atoms. The summed E-state index contributed by atoms with van der Waals surface area (Å²) in [7, 11) is 0. The van der Waals surface area contributed by atoms with Crippen molar-refractivity contribution in [2.24, 2.45) is 11.3 Å². The van der Waals surface area contributed by atoms with Gasteiger partial charge < -0.3 is 0 Å². The van der Waals surface area contributed by atoms with E-state index in [1.165, 1.54) is 4.90 Å². The number of amides is 2. The molecule has 1 aliphatic rings. The van der Waals surface area contributed by atoms with Gasteiger partial charge >= 0.3 is 0 Å². The maximum Gasteiger partial charge on any atom is 0.236 e. The van der Waals surface area contributed by atoms with Crippen LogP contribution >= 0.6 is 0 Å². The topological polar surface area (TPSA) is 63.2 Å². The molecule has 1 aromatic heterocycles. The number of hydrogen-bond donors (Lipinski definition) is 0. The number of nitrogens with zero attached hydrogens (tertiary/aromatic N) is 3. The van der Waals surface area contributed by atoms with Gasteiger partial charge in [-0.3, -0.25) is 14.5 Å². The van der Waals surface area contributed by atoms with E-state index in [9.17, 15) is 9.59 Å². The van der Waals surface area contributed by atoms with Gasteiger partial charge in [0.2, 0.25) is 11.8 Å². The summed E-state index contributed by atoms with van der Waals surface area (Å²) in [5.41, 5.74) is 1.10. The average Bonchev–Trinajstić information content (AvgIpc) is 2.70. The molecule has 1 fully saturated rings. The third kappa shape index (κ3) is 2.90. The summed E-state index contributed by atoms with van der Waals surface area (Å²) >= 11 is 0. The fourth-order valence-electron chi connectivity index (χ4n) is 3.67. The second-order valence-corrected chi connectivity index (χ2v) is 7.36. The Bertz CT molecular complexity index is 815. The Labute approximate surface area is 142 Å². The Kier molecular flexibility index (Phi) is 4.11. The molecule has 2 amide bonds. The molecule has 1 unspecified atom stereocenters. The predicted molar refractivity (Wildman–Crippen MR) is 92.0 cm³/mol. The fourth-order valence-corrected chi connectivity index (χ4v) is 3.67. The number of aryl methyl sites for hydroxylation is 1. The molecule has 1 aliphatic heterocycles. The first kappa shape index (κ1) is 16.6. The lowest BCUT2D eigenvalue weighted by Crippen LogP contribution is -2.35. The second kappa shape index (κ2) is 5.96. The molecule has 5 nitrogen and oxygen atoms in total. The van der Waals surface area contributed by atoms with Gasteiger partial charge in [0, 0.05) is 17.5 Å². The minimum atomic E-state index is -0.600. The first-order valence-corrected chi connectivity index (χ1v) is 8.37. The molecule has 1 saturated heterocycles. The van der Waals surface area contributed by atoms with E-state index in [-0.39, 0.29) is 24.8 Å². The van der Waals surface area contributed by atoms with E-state index in [1.54, 1.807) is 0 Å². The van der Waals surface area contributed by atoms with Crippen molar-refractivity contribution in [3.8, 4) is 0 Å². The number of benzene rings is 1. The number of carbonyl (C=O) groups excluding carboxylic acids is 2. The maximum absolute atomic E-state index is 12.8. The zero-order valence-corrected chi connectivity index (χ0v) is 14.7. The average molecular weight is 325 g/mol. The summed E-state index contributed by atoms with van der Waals surface area (Å²) in [5.74, 6) is 0.653. The number of hydrogen-bond acceptors (Lipinski definition) is 4. The standard InChI is InChI=1S/C19H23N3O2/c1-12(2)9-19(4)10-17(23)22(18(19)24)11-16-20-13(3)14-7-5-6-8-15(14)21-16/h5-8,12H,9-11H2,1-4H3. The van der Waals surface area contributed by atoms with Crippen LogP contribution in [0.5, 0.6) is 0 Å². The first-order chi connectivity index (χ1) is 11.3. The summed E-state index contributed by atoms with van der Waals surface area (Å²) in [6, 6.07) is 7.76. The van der Waals surface area contributed by atoms with Gasteiger partial charge in [-0.15, -0.1) is 0 Å². The van der Waals surface area contributed by atoms with E-state index in [2.05, 4.69) is 23.8 Å². The van der Waals surface area contributed by atoms with Crippen molar-refractivity contribution in [3.63, 3.8) is 0 Å². The highest BCUT2D eigenvalue weighted by molar-refractivity contribution is 6.05. The van der Waals surface area contributed by atoms with E-state index in [4.69, 9.17) is 0 Å². The molecular weight excluding hydrogens is 302 g/mol. The minimum Gasteiger partial charge on any atom is -0.274 e. The van der Waals surface area contributed by atoms with Crippen molar-refractivity contribution in [2.45, 2.75) is 47.1 Å². The number of imide groups is 1. The van der Waals surface area contributed by atoms with E-state index >= 15 is 0 Å². The van der Waals surface area contributed by atoms with Crippen LogP contribution < -0.4 is 0 Å². The van der Waals surface area contributed by atoms with Crippen LogP contribution in [0.3, 0.4) is 0 Å². The molecule has 1 aromatic carbocycles. The molecular formula is C19H23N3O2. The molecule has 24 heavy (non-hydrogen) atoms. The number of carbonyl (C=O) groups is 2. The SMILES string of the molecule is Cc1nc(CN2C(=O)CC(C)(CC(C)C)C2=O)nc2ccccc12. The monoisotopic (exact) mass is 325 g/mol. The van der Waals surface area contributed by atoms with E-state index in [0.29, 0.717) is 18.2 Å². The van der Waals surface area contributed by atoms with Gasteiger partial charge in [0.15, 0.2) is 0 Å². The van der Waals surface area contributed by atoms with Gasteiger partial charge in [-0.05, 0) is 25.3 Å². The molecule has 0 aliphatic carbocycles. The van der Waals surface area contributed by atoms with Crippen molar-refractivity contribution in [3.05, 3.63) is 35.8 Å². The normalized spacial score (nSPS) is 21.3. The first-order valence-electron chi connectivity index (χ1n) is 8.37. The van der Waals surface area contributed by atoms with E-state index < -0.39 is 5.41 Å². The smallest absolute Gasteiger partial charge is 0.236 e. The highest BCUT2D eigenvalue weighted by Gasteiger charge is 2.48. The molecule has 5 heteroatoms. The van der Waals surface area contributed by atoms with E-state index in [0.717, 1.165) is 16.6 Å². The molecule has 2 aromatic rings. The zero-order valence-electron chi connectivity index (χ0n) is 14.7.